The molecule has 0 saturated carbocycles. The number of hydrogen-bond acceptors (Lipinski definition) is 6. The van der Waals surface area contributed by atoms with Crippen LogP contribution in [0.5, 0.6) is 11.5 Å². The molecule has 188 valence electrons. The van der Waals surface area contributed by atoms with Gasteiger partial charge in [-0.05, 0) is 67.6 Å². The second kappa shape index (κ2) is 10.8. The van der Waals surface area contributed by atoms with Gasteiger partial charge in [-0.25, -0.2) is 4.99 Å². The molecule has 1 N–H and O–H groups in total. The van der Waals surface area contributed by atoms with Crippen molar-refractivity contribution >= 4 is 57.5 Å². The molecule has 2 aromatic carbocycles. The average Bonchev–Trinajstić information content (AvgIpc) is 3.16. The fraction of sp³-hybridized carbons (Fsp3) is 0.269. The zero-order chi connectivity index (χ0) is 26.1. The molecular weight excluding hydrogens is 613 g/mol. The minimum atomic E-state index is -0.722. The van der Waals surface area contributed by atoms with E-state index in [1.54, 1.807) is 41.7 Å². The molecule has 1 amide bonds. The van der Waals surface area contributed by atoms with Gasteiger partial charge in [0.1, 0.15) is 17.5 Å². The van der Waals surface area contributed by atoms with Crippen LogP contribution in [0.3, 0.4) is 0 Å². The van der Waals surface area contributed by atoms with Gasteiger partial charge >= 0.3 is 0 Å². The van der Waals surface area contributed by atoms with Gasteiger partial charge in [0, 0.05) is 29.2 Å². The number of allylic oxidation sites excluding steroid dienone is 1. The zero-order valence-electron chi connectivity index (χ0n) is 20.2. The number of amides is 1. The summed E-state index contributed by atoms with van der Waals surface area (Å²) in [6, 6.07) is 9.90. The van der Waals surface area contributed by atoms with Gasteiger partial charge in [-0.2, -0.15) is 0 Å². The van der Waals surface area contributed by atoms with Crippen LogP contribution < -0.4 is 19.6 Å². The van der Waals surface area contributed by atoms with Crippen molar-refractivity contribution in [3.63, 3.8) is 0 Å². The number of aromatic nitrogens is 1. The number of carbonyl (C=O) groups is 1. The van der Waals surface area contributed by atoms with E-state index in [4.69, 9.17) is 16.3 Å². The molecule has 4 rings (SSSR count). The minimum Gasteiger partial charge on any atom is -0.506 e. The number of para-hydroxylation sites is 1. The number of phenols is 1. The van der Waals surface area contributed by atoms with Crippen molar-refractivity contribution in [2.75, 3.05) is 20.2 Å². The van der Waals surface area contributed by atoms with Crippen LogP contribution in [-0.2, 0) is 4.79 Å². The highest BCUT2D eigenvalue weighted by atomic mass is 127. The number of fused-ring (bicyclic) bond motifs is 1. The molecule has 0 spiro atoms. The third-order valence-electron chi connectivity index (χ3n) is 6.08. The summed E-state index contributed by atoms with van der Waals surface area (Å²) in [6.07, 6.45) is 1.61. The number of ether oxygens (including phenoxy) is 1. The Morgan fingerprint density at radius 3 is 2.67 bits per heavy atom. The van der Waals surface area contributed by atoms with E-state index in [9.17, 15) is 14.7 Å². The Kier molecular flexibility index (Phi) is 7.91. The lowest BCUT2D eigenvalue weighted by Gasteiger charge is -2.29. The summed E-state index contributed by atoms with van der Waals surface area (Å²) in [4.78, 5) is 34.4. The predicted octanol–water partition coefficient (Wildman–Crippen LogP) is 4.08. The predicted molar refractivity (Wildman–Crippen MR) is 151 cm³/mol. The third kappa shape index (κ3) is 4.71. The van der Waals surface area contributed by atoms with E-state index < -0.39 is 6.04 Å². The molecule has 0 radical (unpaired) electrons. The Morgan fingerprint density at radius 2 is 2.00 bits per heavy atom. The van der Waals surface area contributed by atoms with E-state index in [2.05, 4.69) is 4.99 Å². The maximum Gasteiger partial charge on any atom is 0.271 e. The number of rotatable bonds is 6. The lowest BCUT2D eigenvalue weighted by atomic mass is 9.94. The van der Waals surface area contributed by atoms with Gasteiger partial charge in [0.05, 0.1) is 26.5 Å². The number of hydrogen-bond donors (Lipinski definition) is 1. The summed E-state index contributed by atoms with van der Waals surface area (Å²) in [5.41, 5.74) is 1.79. The molecule has 10 heteroatoms. The highest BCUT2D eigenvalue weighted by Crippen LogP contribution is 2.36. The molecule has 0 bridgehead atoms. The first-order valence-corrected chi connectivity index (χ1v) is 13.6. The monoisotopic (exact) mass is 637 g/mol. The lowest BCUT2D eigenvalue weighted by molar-refractivity contribution is -0.127. The molecule has 1 atom stereocenters. The lowest BCUT2D eigenvalue weighted by Crippen LogP contribution is -2.43. The highest BCUT2D eigenvalue weighted by Gasteiger charge is 2.35. The molecule has 0 saturated heterocycles. The molecule has 3 aromatic rings. The van der Waals surface area contributed by atoms with E-state index in [1.165, 1.54) is 11.3 Å². The number of halogens is 2. The molecule has 0 fully saturated rings. The van der Waals surface area contributed by atoms with Gasteiger partial charge in [-0.3, -0.25) is 14.2 Å². The summed E-state index contributed by atoms with van der Waals surface area (Å²) in [7, 11) is 1.56. The summed E-state index contributed by atoms with van der Waals surface area (Å²) >= 11 is 9.39. The van der Waals surface area contributed by atoms with E-state index in [0.717, 1.165) is 0 Å². The Labute approximate surface area is 231 Å². The topological polar surface area (TPSA) is 84.1 Å². The molecule has 1 aliphatic heterocycles. The number of methoxy groups -OCH3 is 1. The van der Waals surface area contributed by atoms with Crippen LogP contribution in [-0.4, -0.2) is 40.7 Å². The van der Waals surface area contributed by atoms with Crippen LogP contribution in [0.25, 0.3) is 6.08 Å². The molecular formula is C26H25ClIN3O4S. The number of carbonyl (C=O) groups excluding carboxylic acids is 1. The summed E-state index contributed by atoms with van der Waals surface area (Å²) in [5.74, 6) is 0.438. The normalized spacial score (nSPS) is 15.5. The maximum absolute atomic E-state index is 13.8. The smallest absolute Gasteiger partial charge is 0.271 e. The van der Waals surface area contributed by atoms with E-state index in [1.807, 2.05) is 60.7 Å². The molecule has 0 aliphatic carbocycles. The van der Waals surface area contributed by atoms with Crippen molar-refractivity contribution in [3.05, 3.63) is 87.1 Å². The van der Waals surface area contributed by atoms with Crippen molar-refractivity contribution in [3.8, 4) is 11.5 Å². The summed E-state index contributed by atoms with van der Waals surface area (Å²) in [6.45, 7) is 6.69. The number of thiazole rings is 1. The first kappa shape index (κ1) is 26.4. The van der Waals surface area contributed by atoms with E-state index >= 15 is 0 Å². The first-order valence-electron chi connectivity index (χ1n) is 11.3. The fourth-order valence-electron chi connectivity index (χ4n) is 4.30. The van der Waals surface area contributed by atoms with Crippen LogP contribution in [0.15, 0.2) is 57.5 Å². The van der Waals surface area contributed by atoms with Gasteiger partial charge in [0.2, 0.25) is 0 Å². The second-order valence-electron chi connectivity index (χ2n) is 8.13. The number of likely N-dealkylation sites (N-methyl/N-ethyl adjacent to an activating group) is 1. The standard InChI is InChI=1S/C26H25ClIN3O4S/c1-5-30(6-2)25(34)21-14(3)29-26-31(22(21)17-9-7-8-10-19(17)35-4)24(33)20(36-26)12-15-11-16(27)13-18(28)23(15)32/h7-13,22,32H,5-6H2,1-4H3/b20-12+/t22-/m1/s1. The Morgan fingerprint density at radius 1 is 1.31 bits per heavy atom. The van der Waals surface area contributed by atoms with Crippen molar-refractivity contribution in [1.29, 1.82) is 0 Å². The maximum atomic E-state index is 13.8. The van der Waals surface area contributed by atoms with E-state index in [-0.39, 0.29) is 17.2 Å². The van der Waals surface area contributed by atoms with Crippen molar-refractivity contribution in [1.82, 2.24) is 9.47 Å². The molecule has 2 heterocycles. The Balaban J connectivity index is 2.02. The first-order chi connectivity index (χ1) is 17.2. The number of aromatic hydroxyl groups is 1. The van der Waals surface area contributed by atoms with Crippen molar-refractivity contribution in [2.24, 2.45) is 4.99 Å². The third-order valence-corrected chi connectivity index (χ3v) is 8.10. The van der Waals surface area contributed by atoms with Gasteiger partial charge in [-0.1, -0.05) is 41.1 Å². The van der Waals surface area contributed by atoms with Crippen LogP contribution in [0.4, 0.5) is 0 Å². The Bertz CT molecular complexity index is 1560. The molecule has 0 unspecified atom stereocenters. The molecule has 1 aromatic heterocycles. The van der Waals surface area contributed by atoms with E-state index in [0.29, 0.717) is 59.2 Å². The van der Waals surface area contributed by atoms with Crippen LogP contribution in [0, 0.1) is 3.57 Å². The SMILES string of the molecule is CCN(CC)C(=O)C1=C(C)N=c2s/c(=C/c3cc(Cl)cc(I)c3O)c(=O)n2[C@@H]1c1ccccc1OC. The van der Waals surface area contributed by atoms with Crippen LogP contribution in [0.2, 0.25) is 5.02 Å². The highest BCUT2D eigenvalue weighted by molar-refractivity contribution is 14.1. The number of nitrogens with zero attached hydrogens (tertiary/aromatic N) is 3. The van der Waals surface area contributed by atoms with Gasteiger partial charge < -0.3 is 14.7 Å². The summed E-state index contributed by atoms with van der Waals surface area (Å²) < 4.78 is 8.12. The van der Waals surface area contributed by atoms with Gasteiger partial charge in [0.15, 0.2) is 4.80 Å². The average molecular weight is 638 g/mol. The fourth-order valence-corrected chi connectivity index (χ4v) is 6.40. The molecule has 1 aliphatic rings. The van der Waals surface area contributed by atoms with Gasteiger partial charge in [0.25, 0.3) is 11.5 Å². The number of benzene rings is 2. The van der Waals surface area contributed by atoms with Crippen molar-refractivity contribution in [2.45, 2.75) is 26.8 Å². The van der Waals surface area contributed by atoms with Gasteiger partial charge in [-0.15, -0.1) is 0 Å². The van der Waals surface area contributed by atoms with Crippen LogP contribution >= 0.6 is 45.5 Å². The largest absolute Gasteiger partial charge is 0.506 e. The second-order valence-corrected chi connectivity index (χ2v) is 10.7. The zero-order valence-corrected chi connectivity index (χ0v) is 23.9. The number of phenolic OH excluding ortho intramolecular Hbond substituents is 1. The quantitative estimate of drug-likeness (QED) is 0.413. The summed E-state index contributed by atoms with van der Waals surface area (Å²) in [5, 5.41) is 11.0. The molecule has 7 nitrogen and oxygen atoms in total. The van der Waals surface area contributed by atoms with Crippen LogP contribution in [0.1, 0.15) is 37.9 Å². The molecule has 36 heavy (non-hydrogen) atoms. The minimum absolute atomic E-state index is 0.0423. The van der Waals surface area contributed by atoms with Crippen molar-refractivity contribution < 1.29 is 14.6 Å². The Hall–Kier alpha value is -2.63.